The molecule has 174 valence electrons. The Morgan fingerprint density at radius 2 is 1.85 bits per heavy atom. The molecule has 1 aliphatic heterocycles. The van der Waals surface area contributed by atoms with Gasteiger partial charge in [0, 0.05) is 29.6 Å². The van der Waals surface area contributed by atoms with Crippen LogP contribution < -0.4 is 10.6 Å². The van der Waals surface area contributed by atoms with Crippen LogP contribution in [0.1, 0.15) is 17.9 Å². The molecule has 2 N–H and O–H groups in total. The number of hydrogen-bond donors (Lipinski definition) is 1. The van der Waals surface area contributed by atoms with Gasteiger partial charge in [0.05, 0.1) is 30.7 Å². The van der Waals surface area contributed by atoms with Crippen molar-refractivity contribution < 1.29 is 22.0 Å². The lowest BCUT2D eigenvalue weighted by Crippen LogP contribution is -2.33. The van der Waals surface area contributed by atoms with Crippen molar-refractivity contribution in [3.8, 4) is 22.7 Å². The molecular formula is C22H17F4N7O. The molecule has 5 rings (SSSR count). The van der Waals surface area contributed by atoms with Crippen LogP contribution in [0, 0.1) is 11.6 Å². The zero-order valence-corrected chi connectivity index (χ0v) is 17.5. The summed E-state index contributed by atoms with van der Waals surface area (Å²) in [4.78, 5) is 10.4. The van der Waals surface area contributed by atoms with Crippen molar-refractivity contribution in [1.29, 1.82) is 0 Å². The third kappa shape index (κ3) is 4.09. The molecule has 2 aromatic carbocycles. The van der Waals surface area contributed by atoms with E-state index < -0.39 is 35.4 Å². The maximum Gasteiger partial charge on any atom is 0.314 e. The topological polar surface area (TPSA) is 98.4 Å². The van der Waals surface area contributed by atoms with Crippen LogP contribution in [0.2, 0.25) is 0 Å². The second-order valence-electron chi connectivity index (χ2n) is 7.54. The SMILES string of the molecule is NC1=NCCN1c1ccc(-c2cn(Cc3cc(F)c(-c4nnc(C(F)F)o4)cc3F)cn2)cc1. The number of halogens is 4. The molecule has 0 amide bonds. The summed E-state index contributed by atoms with van der Waals surface area (Å²) in [7, 11) is 0. The molecule has 2 aromatic heterocycles. The van der Waals surface area contributed by atoms with E-state index in [1.165, 1.54) is 6.33 Å². The second kappa shape index (κ2) is 8.61. The third-order valence-corrected chi connectivity index (χ3v) is 5.33. The molecule has 4 aromatic rings. The molecule has 1 aliphatic rings. The van der Waals surface area contributed by atoms with Crippen molar-refractivity contribution in [3.05, 3.63) is 72.0 Å². The number of aromatic nitrogens is 4. The molecule has 3 heterocycles. The third-order valence-electron chi connectivity index (χ3n) is 5.33. The quantitative estimate of drug-likeness (QED) is 0.427. The van der Waals surface area contributed by atoms with Crippen LogP contribution in [0.4, 0.5) is 23.2 Å². The Morgan fingerprint density at radius 3 is 2.53 bits per heavy atom. The van der Waals surface area contributed by atoms with Crippen molar-refractivity contribution in [3.63, 3.8) is 0 Å². The van der Waals surface area contributed by atoms with E-state index in [1.54, 1.807) is 10.8 Å². The number of benzene rings is 2. The first-order valence-corrected chi connectivity index (χ1v) is 10.2. The lowest BCUT2D eigenvalue weighted by molar-refractivity contribution is 0.116. The monoisotopic (exact) mass is 471 g/mol. The summed E-state index contributed by atoms with van der Waals surface area (Å²) < 4.78 is 60.8. The Bertz CT molecular complexity index is 1360. The molecule has 0 aliphatic carbocycles. The van der Waals surface area contributed by atoms with Crippen molar-refractivity contribution in [2.24, 2.45) is 10.7 Å². The largest absolute Gasteiger partial charge is 0.415 e. The predicted octanol–water partition coefficient (Wildman–Crippen LogP) is 4.00. The van der Waals surface area contributed by atoms with Gasteiger partial charge in [0.25, 0.3) is 11.8 Å². The van der Waals surface area contributed by atoms with E-state index >= 15 is 0 Å². The van der Waals surface area contributed by atoms with E-state index in [0.29, 0.717) is 18.2 Å². The van der Waals surface area contributed by atoms with E-state index in [-0.39, 0.29) is 12.1 Å². The van der Waals surface area contributed by atoms with E-state index in [9.17, 15) is 17.6 Å². The van der Waals surface area contributed by atoms with Gasteiger partial charge in [-0.15, -0.1) is 10.2 Å². The summed E-state index contributed by atoms with van der Waals surface area (Å²) in [6, 6.07) is 9.41. The van der Waals surface area contributed by atoms with Gasteiger partial charge in [0.15, 0.2) is 5.96 Å². The average Bonchev–Trinajstić information content (AvgIpc) is 3.57. The number of anilines is 1. The van der Waals surface area contributed by atoms with Crippen molar-refractivity contribution in [1.82, 2.24) is 19.7 Å². The molecule has 0 unspecified atom stereocenters. The smallest absolute Gasteiger partial charge is 0.314 e. The molecule has 0 saturated carbocycles. The van der Waals surface area contributed by atoms with Gasteiger partial charge in [0.2, 0.25) is 0 Å². The fourth-order valence-corrected chi connectivity index (χ4v) is 3.63. The first-order chi connectivity index (χ1) is 16.4. The van der Waals surface area contributed by atoms with Crippen LogP contribution >= 0.6 is 0 Å². The van der Waals surface area contributed by atoms with Gasteiger partial charge in [-0.2, -0.15) is 8.78 Å². The highest BCUT2D eigenvalue weighted by Crippen LogP contribution is 2.28. The number of guanidine groups is 1. The fourth-order valence-electron chi connectivity index (χ4n) is 3.63. The molecule has 0 radical (unpaired) electrons. The minimum Gasteiger partial charge on any atom is -0.415 e. The minimum atomic E-state index is -3.01. The molecule has 0 spiro atoms. The molecule has 34 heavy (non-hydrogen) atoms. The van der Waals surface area contributed by atoms with Crippen molar-refractivity contribution in [2.75, 3.05) is 18.0 Å². The van der Waals surface area contributed by atoms with Crippen LogP contribution in [0.25, 0.3) is 22.7 Å². The normalized spacial score (nSPS) is 13.7. The zero-order chi connectivity index (χ0) is 23.8. The van der Waals surface area contributed by atoms with Gasteiger partial charge >= 0.3 is 6.43 Å². The lowest BCUT2D eigenvalue weighted by Gasteiger charge is -2.17. The number of nitrogens with zero attached hydrogens (tertiary/aromatic N) is 6. The standard InChI is InChI=1S/C22H17F4N7O/c23-16-8-15(20-30-31-21(34-20)19(25)26)17(24)7-13(16)9-32-10-18(29-11-32)12-1-3-14(4-2-12)33-6-5-28-22(33)27/h1-4,7-8,10-11,19H,5-6,9H2,(H2,27,28). The molecule has 0 saturated heterocycles. The van der Waals surface area contributed by atoms with Crippen LogP contribution in [-0.2, 0) is 6.54 Å². The first kappa shape index (κ1) is 21.6. The summed E-state index contributed by atoms with van der Waals surface area (Å²) in [5.41, 5.74) is 7.93. The minimum absolute atomic E-state index is 0.00100. The number of hydrogen-bond acceptors (Lipinski definition) is 7. The number of nitrogens with two attached hydrogens (primary N) is 1. The van der Waals surface area contributed by atoms with Crippen LogP contribution in [0.15, 0.2) is 58.3 Å². The maximum absolute atomic E-state index is 14.7. The summed E-state index contributed by atoms with van der Waals surface area (Å²) in [5.74, 6) is -2.63. The second-order valence-corrected chi connectivity index (χ2v) is 7.54. The van der Waals surface area contributed by atoms with Crippen molar-refractivity contribution in [2.45, 2.75) is 13.0 Å². The number of aliphatic imine (C=N–C) groups is 1. The molecular weight excluding hydrogens is 454 g/mol. The Hall–Kier alpha value is -4.22. The van der Waals surface area contributed by atoms with Gasteiger partial charge in [0.1, 0.15) is 11.6 Å². The van der Waals surface area contributed by atoms with E-state index in [4.69, 9.17) is 10.2 Å². The van der Waals surface area contributed by atoms with E-state index in [1.807, 2.05) is 29.2 Å². The van der Waals surface area contributed by atoms with Crippen LogP contribution in [0.3, 0.4) is 0 Å². The van der Waals surface area contributed by atoms with Crippen molar-refractivity contribution >= 4 is 11.6 Å². The highest BCUT2D eigenvalue weighted by atomic mass is 19.3. The van der Waals surface area contributed by atoms with Gasteiger partial charge in [-0.25, -0.2) is 13.8 Å². The Labute approximate surface area is 190 Å². The van der Waals surface area contributed by atoms with Gasteiger partial charge in [-0.3, -0.25) is 4.99 Å². The molecule has 12 heteroatoms. The lowest BCUT2D eigenvalue weighted by atomic mass is 10.1. The zero-order valence-electron chi connectivity index (χ0n) is 17.5. The Morgan fingerprint density at radius 1 is 1.06 bits per heavy atom. The molecule has 0 fully saturated rings. The van der Waals surface area contributed by atoms with E-state index in [2.05, 4.69) is 20.2 Å². The fraction of sp³-hybridized carbons (Fsp3) is 0.182. The molecule has 8 nitrogen and oxygen atoms in total. The number of rotatable bonds is 6. The summed E-state index contributed by atoms with van der Waals surface area (Å²) in [6.07, 6.45) is 0.207. The highest BCUT2D eigenvalue weighted by molar-refractivity contribution is 5.96. The van der Waals surface area contributed by atoms with Gasteiger partial charge in [-0.05, 0) is 24.3 Å². The van der Waals surface area contributed by atoms with Gasteiger partial charge < -0.3 is 19.6 Å². The number of alkyl halides is 2. The van der Waals surface area contributed by atoms with Crippen LogP contribution in [0.5, 0.6) is 0 Å². The van der Waals surface area contributed by atoms with E-state index in [0.717, 1.165) is 29.9 Å². The highest BCUT2D eigenvalue weighted by Gasteiger charge is 2.21. The molecule has 0 bridgehead atoms. The van der Waals surface area contributed by atoms with Crippen LogP contribution in [-0.4, -0.2) is 38.8 Å². The Balaban J connectivity index is 1.33. The molecule has 0 atom stereocenters. The maximum atomic E-state index is 14.7. The van der Waals surface area contributed by atoms with Gasteiger partial charge in [-0.1, -0.05) is 12.1 Å². The Kier molecular flexibility index (Phi) is 5.48. The summed E-state index contributed by atoms with van der Waals surface area (Å²) in [6.45, 7) is 1.38. The average molecular weight is 471 g/mol. The first-order valence-electron chi connectivity index (χ1n) is 10.2. The summed E-state index contributed by atoms with van der Waals surface area (Å²) in [5, 5.41) is 6.49. The number of imidazole rings is 1. The predicted molar refractivity (Wildman–Crippen MR) is 115 cm³/mol. The summed E-state index contributed by atoms with van der Waals surface area (Å²) >= 11 is 0.